The molecule has 2 heterocycles. The van der Waals surface area contributed by atoms with Crippen molar-refractivity contribution in [1.82, 2.24) is 4.40 Å². The molecular weight excluding hydrogens is 246 g/mol. The fourth-order valence-electron chi connectivity index (χ4n) is 2.81. The Bertz CT molecular complexity index is 812. The Morgan fingerprint density at radius 2 is 1.75 bits per heavy atom. The van der Waals surface area contributed by atoms with Crippen molar-refractivity contribution in [3.8, 4) is 11.1 Å². The molecule has 2 aromatic heterocycles. The second kappa shape index (κ2) is 4.64. The fraction of sp³-hybridized carbons (Fsp3) is 0.167. The zero-order valence-corrected chi connectivity index (χ0v) is 12.0. The van der Waals surface area contributed by atoms with Gasteiger partial charge in [-0.3, -0.25) is 4.79 Å². The van der Waals surface area contributed by atoms with Crippen molar-refractivity contribution in [2.75, 3.05) is 0 Å². The van der Waals surface area contributed by atoms with Crippen LogP contribution in [0, 0.1) is 20.8 Å². The van der Waals surface area contributed by atoms with Gasteiger partial charge in [-0.1, -0.05) is 29.8 Å². The van der Waals surface area contributed by atoms with Crippen molar-refractivity contribution in [3.05, 3.63) is 65.0 Å². The highest BCUT2D eigenvalue weighted by atomic mass is 16.1. The molecule has 0 saturated heterocycles. The van der Waals surface area contributed by atoms with Crippen LogP contribution in [0.15, 0.2) is 42.6 Å². The summed E-state index contributed by atoms with van der Waals surface area (Å²) in [7, 11) is 0. The number of carbonyl (C=O) groups excluding carboxylic acids is 1. The molecule has 0 aliphatic carbocycles. The van der Waals surface area contributed by atoms with E-state index in [4.69, 9.17) is 0 Å². The van der Waals surface area contributed by atoms with Gasteiger partial charge in [-0.15, -0.1) is 0 Å². The summed E-state index contributed by atoms with van der Waals surface area (Å²) in [4.78, 5) is 11.5. The van der Waals surface area contributed by atoms with E-state index in [0.29, 0.717) is 0 Å². The van der Waals surface area contributed by atoms with E-state index in [1.807, 2.05) is 16.7 Å². The minimum absolute atomic E-state index is 0.718. The highest BCUT2D eigenvalue weighted by Crippen LogP contribution is 2.30. The van der Waals surface area contributed by atoms with Crippen LogP contribution in [0.4, 0.5) is 0 Å². The van der Waals surface area contributed by atoms with E-state index < -0.39 is 0 Å². The quantitative estimate of drug-likeness (QED) is 0.630. The van der Waals surface area contributed by atoms with Crippen molar-refractivity contribution >= 4 is 11.8 Å². The Morgan fingerprint density at radius 3 is 2.45 bits per heavy atom. The third kappa shape index (κ3) is 1.85. The molecule has 0 radical (unpaired) electrons. The Balaban J connectivity index is 2.36. The molecule has 3 aromatic rings. The fourth-order valence-corrected chi connectivity index (χ4v) is 2.81. The molecule has 0 bridgehead atoms. The van der Waals surface area contributed by atoms with Gasteiger partial charge in [-0.25, -0.2) is 0 Å². The lowest BCUT2D eigenvalue weighted by Crippen LogP contribution is -1.93. The van der Waals surface area contributed by atoms with Gasteiger partial charge < -0.3 is 4.40 Å². The van der Waals surface area contributed by atoms with E-state index in [1.54, 1.807) is 0 Å². The number of carbonyl (C=O) groups is 1. The molecule has 2 heteroatoms. The SMILES string of the molecule is Cc1ccc(-c2cc3c(C)cccn3c2C=O)c(C)c1. The first kappa shape index (κ1) is 12.7. The maximum atomic E-state index is 11.5. The van der Waals surface area contributed by atoms with Crippen molar-refractivity contribution in [3.63, 3.8) is 0 Å². The lowest BCUT2D eigenvalue weighted by Gasteiger charge is -2.06. The van der Waals surface area contributed by atoms with E-state index in [-0.39, 0.29) is 0 Å². The number of nitrogens with zero attached hydrogens (tertiary/aromatic N) is 1. The van der Waals surface area contributed by atoms with Crippen LogP contribution in [0.3, 0.4) is 0 Å². The Morgan fingerprint density at radius 1 is 0.950 bits per heavy atom. The third-order valence-electron chi connectivity index (χ3n) is 3.85. The van der Waals surface area contributed by atoms with Crippen molar-refractivity contribution < 1.29 is 4.79 Å². The first-order chi connectivity index (χ1) is 9.61. The summed E-state index contributed by atoms with van der Waals surface area (Å²) in [6.45, 7) is 6.24. The first-order valence-corrected chi connectivity index (χ1v) is 6.75. The molecule has 0 aliphatic heterocycles. The third-order valence-corrected chi connectivity index (χ3v) is 3.85. The number of aromatic nitrogens is 1. The van der Waals surface area contributed by atoms with Crippen LogP contribution in [0.2, 0.25) is 0 Å². The lowest BCUT2D eigenvalue weighted by molar-refractivity contribution is 0.111. The van der Waals surface area contributed by atoms with Gasteiger partial charge in [-0.05, 0) is 49.6 Å². The van der Waals surface area contributed by atoms with Gasteiger partial charge in [0.05, 0.1) is 5.69 Å². The minimum Gasteiger partial charge on any atom is -0.313 e. The number of hydrogen-bond acceptors (Lipinski definition) is 1. The van der Waals surface area contributed by atoms with Crippen LogP contribution in [0.1, 0.15) is 27.2 Å². The van der Waals surface area contributed by atoms with E-state index >= 15 is 0 Å². The van der Waals surface area contributed by atoms with E-state index in [2.05, 4.69) is 51.1 Å². The average Bonchev–Trinajstić information content (AvgIpc) is 2.78. The second-order valence-corrected chi connectivity index (χ2v) is 5.33. The predicted octanol–water partition coefficient (Wildman–Crippen LogP) is 4.34. The van der Waals surface area contributed by atoms with Crippen LogP contribution in [0.5, 0.6) is 0 Å². The van der Waals surface area contributed by atoms with Crippen molar-refractivity contribution in [2.45, 2.75) is 20.8 Å². The standard InChI is InChI=1S/C18H17NO/c1-12-6-7-15(14(3)9-12)16-10-17-13(2)5-4-8-19(17)18(16)11-20/h4-11H,1-3H3. The summed E-state index contributed by atoms with van der Waals surface area (Å²) in [6.07, 6.45) is 2.89. The van der Waals surface area contributed by atoms with Gasteiger partial charge in [0.2, 0.25) is 0 Å². The molecular formula is C18H17NO. The number of aldehydes is 1. The molecule has 20 heavy (non-hydrogen) atoms. The van der Waals surface area contributed by atoms with Gasteiger partial charge in [0.25, 0.3) is 0 Å². The molecule has 0 amide bonds. The number of fused-ring (bicyclic) bond motifs is 1. The highest BCUT2D eigenvalue weighted by molar-refractivity contribution is 5.91. The maximum absolute atomic E-state index is 11.5. The Labute approximate surface area is 118 Å². The second-order valence-electron chi connectivity index (χ2n) is 5.33. The summed E-state index contributed by atoms with van der Waals surface area (Å²) in [6, 6.07) is 12.5. The van der Waals surface area contributed by atoms with Crippen molar-refractivity contribution in [1.29, 1.82) is 0 Å². The summed E-state index contributed by atoms with van der Waals surface area (Å²) in [5, 5.41) is 0. The van der Waals surface area contributed by atoms with E-state index in [1.165, 1.54) is 16.7 Å². The summed E-state index contributed by atoms with van der Waals surface area (Å²) in [5.41, 5.74) is 7.54. The topological polar surface area (TPSA) is 21.5 Å². The largest absolute Gasteiger partial charge is 0.313 e. The zero-order chi connectivity index (χ0) is 14.3. The average molecular weight is 263 g/mol. The maximum Gasteiger partial charge on any atom is 0.167 e. The van der Waals surface area contributed by atoms with Crippen molar-refractivity contribution in [2.24, 2.45) is 0 Å². The normalized spacial score (nSPS) is 10.9. The number of pyridine rings is 1. The van der Waals surface area contributed by atoms with E-state index in [0.717, 1.165) is 28.6 Å². The van der Waals surface area contributed by atoms with E-state index in [9.17, 15) is 4.79 Å². The zero-order valence-electron chi connectivity index (χ0n) is 12.0. The van der Waals surface area contributed by atoms with Gasteiger partial charge in [-0.2, -0.15) is 0 Å². The van der Waals surface area contributed by atoms with Gasteiger partial charge in [0.1, 0.15) is 0 Å². The molecule has 0 saturated carbocycles. The molecule has 100 valence electrons. The lowest BCUT2D eigenvalue weighted by atomic mass is 9.99. The Kier molecular flexibility index (Phi) is 2.94. The molecule has 0 unspecified atom stereocenters. The van der Waals surface area contributed by atoms with Gasteiger partial charge in [0, 0.05) is 17.3 Å². The van der Waals surface area contributed by atoms with Gasteiger partial charge >= 0.3 is 0 Å². The Hall–Kier alpha value is -2.35. The minimum atomic E-state index is 0.718. The molecule has 0 spiro atoms. The number of benzene rings is 1. The molecule has 3 rings (SSSR count). The first-order valence-electron chi connectivity index (χ1n) is 6.75. The summed E-state index contributed by atoms with van der Waals surface area (Å²) >= 11 is 0. The molecule has 2 nitrogen and oxygen atoms in total. The van der Waals surface area contributed by atoms with Gasteiger partial charge in [0.15, 0.2) is 6.29 Å². The smallest absolute Gasteiger partial charge is 0.167 e. The van der Waals surface area contributed by atoms with Crippen LogP contribution >= 0.6 is 0 Å². The molecule has 1 aromatic carbocycles. The number of rotatable bonds is 2. The molecule has 0 N–H and O–H groups in total. The molecule has 0 atom stereocenters. The molecule has 0 aliphatic rings. The summed E-state index contributed by atoms with van der Waals surface area (Å²) < 4.78 is 1.97. The highest BCUT2D eigenvalue weighted by Gasteiger charge is 2.14. The predicted molar refractivity (Wildman–Crippen MR) is 82.4 cm³/mol. The number of aryl methyl sites for hydroxylation is 3. The van der Waals surface area contributed by atoms with Crippen LogP contribution in [-0.2, 0) is 0 Å². The molecule has 0 fully saturated rings. The summed E-state index contributed by atoms with van der Waals surface area (Å²) in [5.74, 6) is 0. The van der Waals surface area contributed by atoms with Crippen LogP contribution in [0.25, 0.3) is 16.6 Å². The van der Waals surface area contributed by atoms with Crippen LogP contribution in [-0.4, -0.2) is 10.7 Å². The van der Waals surface area contributed by atoms with Crippen LogP contribution < -0.4 is 0 Å². The number of hydrogen-bond donors (Lipinski definition) is 0. The monoisotopic (exact) mass is 263 g/mol.